The first-order valence-electron chi connectivity index (χ1n) is 5.32. The molecule has 0 spiro atoms. The number of aromatic nitrogens is 3. The van der Waals surface area contributed by atoms with E-state index >= 15 is 0 Å². The number of imidazole rings is 1. The lowest BCUT2D eigenvalue weighted by Crippen LogP contribution is -1.99. The summed E-state index contributed by atoms with van der Waals surface area (Å²) in [6.07, 6.45) is 1.73. The number of fused-ring (bicyclic) bond motifs is 1. The smallest absolute Gasteiger partial charge is 0.354 e. The zero-order valence-electron chi connectivity index (χ0n) is 9.27. The van der Waals surface area contributed by atoms with Gasteiger partial charge in [0.25, 0.3) is 0 Å². The molecule has 0 aliphatic rings. The van der Waals surface area contributed by atoms with Crippen molar-refractivity contribution >= 4 is 22.8 Å². The molecule has 0 atom stereocenters. The molecule has 0 unspecified atom stereocenters. The van der Waals surface area contributed by atoms with E-state index in [1.165, 1.54) is 0 Å². The zero-order valence-corrected chi connectivity index (χ0v) is 9.27. The summed E-state index contributed by atoms with van der Waals surface area (Å²) in [5.41, 5.74) is 7.51. The first kappa shape index (κ1) is 10.4. The van der Waals surface area contributed by atoms with Gasteiger partial charge in [-0.05, 0) is 6.07 Å². The number of hydrogen-bond donors (Lipinski definition) is 4. The van der Waals surface area contributed by atoms with Crippen LogP contribution in [0.25, 0.3) is 22.2 Å². The largest absolute Gasteiger partial charge is 0.477 e. The number of carboxylic acids is 1. The van der Waals surface area contributed by atoms with Crippen LogP contribution in [-0.4, -0.2) is 26.0 Å². The number of benzene rings is 1. The predicted octanol–water partition coefficient (Wildman–Crippen LogP) is 1.84. The topological polar surface area (TPSA) is 108 Å². The molecule has 0 bridgehead atoms. The van der Waals surface area contributed by atoms with Crippen molar-refractivity contribution < 1.29 is 9.90 Å². The number of carbonyl (C=O) groups is 1. The quantitative estimate of drug-likeness (QED) is 0.549. The molecule has 6 nitrogen and oxygen atoms in total. The fraction of sp³-hybridized carbons (Fsp3) is 0. The Kier molecular flexibility index (Phi) is 2.09. The van der Waals surface area contributed by atoms with Crippen LogP contribution < -0.4 is 5.73 Å². The van der Waals surface area contributed by atoms with Crippen LogP contribution in [0.2, 0.25) is 0 Å². The maximum atomic E-state index is 11.1. The molecule has 3 rings (SSSR count). The number of aromatic amines is 2. The van der Waals surface area contributed by atoms with Crippen LogP contribution in [0, 0.1) is 0 Å². The summed E-state index contributed by atoms with van der Waals surface area (Å²) in [6, 6.07) is 7.60. The molecule has 0 radical (unpaired) electrons. The Morgan fingerprint density at radius 3 is 2.89 bits per heavy atom. The van der Waals surface area contributed by atoms with E-state index in [4.69, 9.17) is 10.8 Å². The number of nitrogens with two attached hydrogens (primary N) is 1. The van der Waals surface area contributed by atoms with Crippen molar-refractivity contribution in [1.29, 1.82) is 0 Å². The number of nitrogen functional groups attached to an aromatic ring is 1. The van der Waals surface area contributed by atoms with Crippen molar-refractivity contribution in [2.75, 3.05) is 5.73 Å². The van der Waals surface area contributed by atoms with Crippen molar-refractivity contribution in [2.24, 2.45) is 0 Å². The van der Waals surface area contributed by atoms with Crippen molar-refractivity contribution in [1.82, 2.24) is 15.0 Å². The van der Waals surface area contributed by atoms with E-state index in [0.717, 1.165) is 16.5 Å². The molecular weight excluding hydrogens is 232 g/mol. The van der Waals surface area contributed by atoms with Crippen LogP contribution in [0.15, 0.2) is 30.5 Å². The normalized spacial score (nSPS) is 10.9. The van der Waals surface area contributed by atoms with Crippen molar-refractivity contribution in [3.05, 3.63) is 36.2 Å². The third-order valence-electron chi connectivity index (χ3n) is 2.78. The SMILES string of the molecule is Nc1nc(-c2c[nH]c3ccccc23)c(C(=O)O)[nH]1. The van der Waals surface area contributed by atoms with Gasteiger partial charge in [0.15, 0.2) is 11.6 Å². The summed E-state index contributed by atoms with van der Waals surface area (Å²) in [7, 11) is 0. The summed E-state index contributed by atoms with van der Waals surface area (Å²) in [4.78, 5) is 20.8. The molecule has 6 heteroatoms. The van der Waals surface area contributed by atoms with Gasteiger partial charge in [0, 0.05) is 22.7 Å². The number of nitrogens with one attached hydrogen (secondary N) is 2. The van der Waals surface area contributed by atoms with Crippen molar-refractivity contribution in [2.45, 2.75) is 0 Å². The predicted molar refractivity (Wildman–Crippen MR) is 67.3 cm³/mol. The number of rotatable bonds is 2. The third-order valence-corrected chi connectivity index (χ3v) is 2.78. The summed E-state index contributed by atoms with van der Waals surface area (Å²) >= 11 is 0. The molecule has 0 saturated heterocycles. The van der Waals surface area contributed by atoms with Gasteiger partial charge in [0.05, 0.1) is 0 Å². The lowest BCUT2D eigenvalue weighted by Gasteiger charge is -1.96. The molecule has 5 N–H and O–H groups in total. The molecule has 0 amide bonds. The van der Waals surface area contributed by atoms with Crippen molar-refractivity contribution in [3.63, 3.8) is 0 Å². The molecule has 0 aliphatic heterocycles. The standard InChI is InChI=1S/C12H10N4O2/c13-12-15-9(10(16-12)11(17)18)7-5-14-8-4-2-1-3-6(7)8/h1-5,14H,(H,17,18)(H3,13,15,16). The van der Waals surface area contributed by atoms with E-state index in [1.807, 2.05) is 24.3 Å². The number of hydrogen-bond acceptors (Lipinski definition) is 3. The number of carboxylic acid groups (broad SMARTS) is 1. The highest BCUT2D eigenvalue weighted by Crippen LogP contribution is 2.29. The molecule has 90 valence electrons. The average molecular weight is 242 g/mol. The second-order valence-electron chi connectivity index (χ2n) is 3.90. The second-order valence-corrected chi connectivity index (χ2v) is 3.90. The van der Waals surface area contributed by atoms with Gasteiger partial charge in [-0.15, -0.1) is 0 Å². The lowest BCUT2D eigenvalue weighted by molar-refractivity contribution is 0.0692. The van der Waals surface area contributed by atoms with Gasteiger partial charge < -0.3 is 20.8 Å². The van der Waals surface area contributed by atoms with Gasteiger partial charge in [-0.25, -0.2) is 9.78 Å². The van der Waals surface area contributed by atoms with Crippen LogP contribution in [0.1, 0.15) is 10.5 Å². The van der Waals surface area contributed by atoms with Crippen molar-refractivity contribution in [3.8, 4) is 11.3 Å². The Hall–Kier alpha value is -2.76. The summed E-state index contributed by atoms with van der Waals surface area (Å²) in [6.45, 7) is 0. The Labute approximate surface area is 101 Å². The molecule has 3 aromatic rings. The molecule has 0 saturated carbocycles. The first-order chi connectivity index (χ1) is 8.66. The van der Waals surface area contributed by atoms with Crippen LogP contribution in [0.5, 0.6) is 0 Å². The minimum Gasteiger partial charge on any atom is -0.477 e. The summed E-state index contributed by atoms with van der Waals surface area (Å²) in [5, 5.41) is 10.0. The zero-order chi connectivity index (χ0) is 12.7. The molecule has 1 aromatic carbocycles. The number of aromatic carboxylic acids is 1. The number of nitrogens with zero attached hydrogens (tertiary/aromatic N) is 1. The molecule has 0 fully saturated rings. The van der Waals surface area contributed by atoms with Crippen LogP contribution in [0.3, 0.4) is 0 Å². The Morgan fingerprint density at radius 1 is 1.33 bits per heavy atom. The number of para-hydroxylation sites is 1. The monoisotopic (exact) mass is 242 g/mol. The molecule has 2 aromatic heterocycles. The fourth-order valence-electron chi connectivity index (χ4n) is 2.01. The van der Waals surface area contributed by atoms with E-state index in [1.54, 1.807) is 6.20 Å². The molecule has 18 heavy (non-hydrogen) atoms. The second kappa shape index (κ2) is 3.63. The van der Waals surface area contributed by atoms with Gasteiger partial charge in [0.1, 0.15) is 5.69 Å². The van der Waals surface area contributed by atoms with E-state index in [-0.39, 0.29) is 11.6 Å². The highest BCUT2D eigenvalue weighted by molar-refractivity contribution is 6.01. The van der Waals surface area contributed by atoms with Crippen LogP contribution in [-0.2, 0) is 0 Å². The first-order valence-corrected chi connectivity index (χ1v) is 5.32. The van der Waals surface area contributed by atoms with Crippen LogP contribution >= 0.6 is 0 Å². The van der Waals surface area contributed by atoms with E-state index in [2.05, 4.69) is 15.0 Å². The van der Waals surface area contributed by atoms with Gasteiger partial charge in [-0.1, -0.05) is 18.2 Å². The summed E-state index contributed by atoms with van der Waals surface area (Å²) < 4.78 is 0. The molecule has 2 heterocycles. The number of anilines is 1. The Morgan fingerprint density at radius 2 is 2.11 bits per heavy atom. The summed E-state index contributed by atoms with van der Waals surface area (Å²) in [5.74, 6) is -0.993. The Bertz CT molecular complexity index is 741. The van der Waals surface area contributed by atoms with Gasteiger partial charge in [0.2, 0.25) is 0 Å². The maximum Gasteiger partial charge on any atom is 0.354 e. The van der Waals surface area contributed by atoms with Gasteiger partial charge >= 0.3 is 5.97 Å². The highest BCUT2D eigenvalue weighted by Gasteiger charge is 2.19. The van der Waals surface area contributed by atoms with E-state index < -0.39 is 5.97 Å². The van der Waals surface area contributed by atoms with E-state index in [9.17, 15) is 4.79 Å². The highest BCUT2D eigenvalue weighted by atomic mass is 16.4. The van der Waals surface area contributed by atoms with Gasteiger partial charge in [-0.3, -0.25) is 0 Å². The molecular formula is C12H10N4O2. The fourth-order valence-corrected chi connectivity index (χ4v) is 2.01. The Balaban J connectivity index is 2.29. The van der Waals surface area contributed by atoms with Gasteiger partial charge in [-0.2, -0.15) is 0 Å². The van der Waals surface area contributed by atoms with Crippen LogP contribution in [0.4, 0.5) is 5.95 Å². The maximum absolute atomic E-state index is 11.1. The average Bonchev–Trinajstić information content (AvgIpc) is 2.92. The van der Waals surface area contributed by atoms with E-state index in [0.29, 0.717) is 5.69 Å². The number of H-pyrrole nitrogens is 2. The lowest BCUT2D eigenvalue weighted by atomic mass is 10.1. The third kappa shape index (κ3) is 1.43. The minimum atomic E-state index is -1.08. The minimum absolute atomic E-state index is 0.00254. The molecule has 0 aliphatic carbocycles.